The average molecular weight is 419 g/mol. The number of hydrogen-bond acceptors (Lipinski definition) is 4. The third kappa shape index (κ3) is 3.51. The van der Waals surface area contributed by atoms with Crippen molar-refractivity contribution >= 4 is 45.9 Å². The number of fused-ring (bicyclic) bond motifs is 1. The van der Waals surface area contributed by atoms with Crippen molar-refractivity contribution in [3.8, 4) is 0 Å². The minimum atomic E-state index is -1.02. The van der Waals surface area contributed by atoms with Gasteiger partial charge in [0.2, 0.25) is 11.6 Å². The van der Waals surface area contributed by atoms with Crippen LogP contribution in [0.4, 0.5) is 16.0 Å². The van der Waals surface area contributed by atoms with Crippen LogP contribution in [0.3, 0.4) is 0 Å². The number of aromatic nitrogens is 3. The predicted octanol–water partition coefficient (Wildman–Crippen LogP) is 4.21. The van der Waals surface area contributed by atoms with Crippen LogP contribution in [0.15, 0.2) is 30.5 Å². The molecule has 2 N–H and O–H groups in total. The van der Waals surface area contributed by atoms with E-state index in [0.717, 1.165) is 11.2 Å². The SMILES string of the molecule is [C-]#[N+]c1ccc(Cn2c(N3CC[C@H](F)[C@H](N)C3)nc3c(Cl)cc(Cl)cc32)nc1. The molecule has 1 saturated heterocycles. The minimum absolute atomic E-state index is 0.344. The van der Waals surface area contributed by atoms with Gasteiger partial charge in [-0.25, -0.2) is 14.2 Å². The number of rotatable bonds is 3. The van der Waals surface area contributed by atoms with Gasteiger partial charge in [-0.15, -0.1) is 0 Å². The van der Waals surface area contributed by atoms with E-state index in [1.165, 1.54) is 6.20 Å². The van der Waals surface area contributed by atoms with Crippen molar-refractivity contribution in [2.45, 2.75) is 25.2 Å². The summed E-state index contributed by atoms with van der Waals surface area (Å²) in [6, 6.07) is 6.40. The molecule has 1 aromatic carbocycles. The quantitative estimate of drug-likeness (QED) is 0.646. The van der Waals surface area contributed by atoms with Crippen LogP contribution in [-0.2, 0) is 6.54 Å². The second-order valence-corrected chi connectivity index (χ2v) is 7.63. The standard InChI is InChI=1S/C19H17Cl2FN6/c1-24-12-2-3-13(25-8-12)9-28-17-7-11(20)6-14(21)18(17)26-19(28)27-5-4-15(22)16(23)10-27/h2-3,6-8,15-16H,4-5,9-10,23H2/t15-,16+/m0/s1. The molecule has 0 saturated carbocycles. The molecule has 0 bridgehead atoms. The van der Waals surface area contributed by atoms with Crippen LogP contribution in [0.2, 0.25) is 10.0 Å². The van der Waals surface area contributed by atoms with Crippen LogP contribution >= 0.6 is 23.2 Å². The molecule has 0 amide bonds. The first-order valence-corrected chi connectivity index (χ1v) is 9.54. The lowest BCUT2D eigenvalue weighted by Gasteiger charge is -2.34. The first-order valence-electron chi connectivity index (χ1n) is 8.78. The van der Waals surface area contributed by atoms with Gasteiger partial charge in [0, 0.05) is 24.3 Å². The summed E-state index contributed by atoms with van der Waals surface area (Å²) in [5.74, 6) is 0.651. The van der Waals surface area contributed by atoms with Crippen LogP contribution in [0.25, 0.3) is 15.9 Å². The highest BCUT2D eigenvalue weighted by Crippen LogP contribution is 2.33. The molecule has 0 aliphatic carbocycles. The zero-order valence-corrected chi connectivity index (χ0v) is 16.3. The van der Waals surface area contributed by atoms with Gasteiger partial charge in [0.15, 0.2) is 0 Å². The number of imidazole rings is 1. The summed E-state index contributed by atoms with van der Waals surface area (Å²) < 4.78 is 15.8. The van der Waals surface area contributed by atoms with E-state index in [1.54, 1.807) is 24.3 Å². The Balaban J connectivity index is 1.80. The topological polar surface area (TPSA) is 64.3 Å². The number of nitrogens with zero attached hydrogens (tertiary/aromatic N) is 5. The zero-order valence-electron chi connectivity index (χ0n) is 14.8. The molecule has 0 spiro atoms. The molecular formula is C19H17Cl2FN6. The van der Waals surface area contributed by atoms with Gasteiger partial charge in [-0.2, -0.15) is 0 Å². The summed E-state index contributed by atoms with van der Waals surface area (Å²) >= 11 is 12.6. The fourth-order valence-corrected chi connectivity index (χ4v) is 3.93. The Labute approximate surface area is 171 Å². The Morgan fingerprint density at radius 1 is 1.32 bits per heavy atom. The fraction of sp³-hybridized carbons (Fsp3) is 0.316. The molecule has 9 heteroatoms. The van der Waals surface area contributed by atoms with Gasteiger partial charge in [-0.05, 0) is 24.6 Å². The number of benzene rings is 1. The summed E-state index contributed by atoms with van der Waals surface area (Å²) in [6.45, 7) is 8.34. The molecule has 144 valence electrons. The normalized spacial score (nSPS) is 19.8. The van der Waals surface area contributed by atoms with E-state index in [0.29, 0.717) is 53.3 Å². The second kappa shape index (κ2) is 7.55. The van der Waals surface area contributed by atoms with E-state index in [9.17, 15) is 4.39 Å². The van der Waals surface area contributed by atoms with Crippen molar-refractivity contribution in [1.82, 2.24) is 14.5 Å². The summed E-state index contributed by atoms with van der Waals surface area (Å²) in [7, 11) is 0. The smallest absolute Gasteiger partial charge is 0.207 e. The van der Waals surface area contributed by atoms with Crippen LogP contribution in [0.1, 0.15) is 12.1 Å². The third-order valence-corrected chi connectivity index (χ3v) is 5.37. The van der Waals surface area contributed by atoms with Gasteiger partial charge in [0.25, 0.3) is 0 Å². The van der Waals surface area contributed by atoms with Crippen molar-refractivity contribution in [3.05, 3.63) is 57.6 Å². The molecule has 6 nitrogen and oxygen atoms in total. The Hall–Kier alpha value is -2.40. The molecule has 28 heavy (non-hydrogen) atoms. The van der Waals surface area contributed by atoms with Crippen molar-refractivity contribution in [3.63, 3.8) is 0 Å². The number of hydrogen-bond donors (Lipinski definition) is 1. The van der Waals surface area contributed by atoms with E-state index < -0.39 is 12.2 Å². The zero-order chi connectivity index (χ0) is 19.8. The minimum Gasteiger partial charge on any atom is -0.340 e. The van der Waals surface area contributed by atoms with Crippen LogP contribution in [-0.4, -0.2) is 39.8 Å². The molecule has 0 unspecified atom stereocenters. The molecule has 1 aliphatic rings. The van der Waals surface area contributed by atoms with Crippen LogP contribution in [0, 0.1) is 6.57 Å². The lowest BCUT2D eigenvalue weighted by molar-refractivity contribution is 0.243. The second-order valence-electron chi connectivity index (χ2n) is 6.79. The molecule has 0 radical (unpaired) electrons. The van der Waals surface area contributed by atoms with Crippen LogP contribution < -0.4 is 10.6 Å². The molecule has 4 rings (SSSR count). The van der Waals surface area contributed by atoms with E-state index in [2.05, 4.69) is 9.83 Å². The maximum Gasteiger partial charge on any atom is 0.207 e. The van der Waals surface area contributed by atoms with Crippen molar-refractivity contribution < 1.29 is 4.39 Å². The molecule has 3 aromatic rings. The Bertz CT molecular complexity index is 1060. The van der Waals surface area contributed by atoms with E-state index in [-0.39, 0.29) is 0 Å². The fourth-order valence-electron chi connectivity index (χ4n) is 3.41. The molecule has 3 heterocycles. The van der Waals surface area contributed by atoms with Crippen molar-refractivity contribution in [1.29, 1.82) is 0 Å². The number of alkyl halides is 1. The summed E-state index contributed by atoms with van der Waals surface area (Å²) in [5.41, 5.74) is 8.56. The van der Waals surface area contributed by atoms with E-state index >= 15 is 0 Å². The summed E-state index contributed by atoms with van der Waals surface area (Å²) in [6.07, 6.45) is 0.859. The number of anilines is 1. The van der Waals surface area contributed by atoms with Crippen molar-refractivity contribution in [2.75, 3.05) is 18.0 Å². The predicted molar refractivity (Wildman–Crippen MR) is 109 cm³/mol. The lowest BCUT2D eigenvalue weighted by atomic mass is 10.1. The number of pyridine rings is 1. The largest absolute Gasteiger partial charge is 0.340 e. The number of piperidine rings is 1. The highest BCUT2D eigenvalue weighted by Gasteiger charge is 2.29. The number of nitrogens with two attached hydrogens (primary N) is 1. The summed E-state index contributed by atoms with van der Waals surface area (Å²) in [4.78, 5) is 14.4. The van der Waals surface area contributed by atoms with E-state index in [1.807, 2.05) is 9.47 Å². The van der Waals surface area contributed by atoms with Gasteiger partial charge in [0.05, 0.1) is 35.4 Å². The molecule has 2 aromatic heterocycles. The maximum atomic E-state index is 13.9. The lowest BCUT2D eigenvalue weighted by Crippen LogP contribution is -2.50. The highest BCUT2D eigenvalue weighted by molar-refractivity contribution is 6.38. The number of halogens is 3. The Kier molecular flexibility index (Phi) is 5.11. The molecule has 1 aliphatic heterocycles. The first-order chi connectivity index (χ1) is 13.5. The summed E-state index contributed by atoms with van der Waals surface area (Å²) in [5, 5.41) is 0.948. The molecule has 2 atom stereocenters. The molecular weight excluding hydrogens is 402 g/mol. The first kappa shape index (κ1) is 18.9. The van der Waals surface area contributed by atoms with E-state index in [4.69, 9.17) is 40.5 Å². The van der Waals surface area contributed by atoms with Gasteiger partial charge in [-0.3, -0.25) is 4.98 Å². The van der Waals surface area contributed by atoms with Gasteiger partial charge < -0.3 is 15.2 Å². The monoisotopic (exact) mass is 418 g/mol. The van der Waals surface area contributed by atoms with Crippen molar-refractivity contribution in [2.24, 2.45) is 5.73 Å². The highest BCUT2D eigenvalue weighted by atomic mass is 35.5. The average Bonchev–Trinajstić information content (AvgIpc) is 3.03. The van der Waals surface area contributed by atoms with Crippen LogP contribution in [0.5, 0.6) is 0 Å². The third-order valence-electron chi connectivity index (χ3n) is 4.86. The van der Waals surface area contributed by atoms with Gasteiger partial charge in [0.1, 0.15) is 11.7 Å². The Morgan fingerprint density at radius 3 is 2.82 bits per heavy atom. The maximum absolute atomic E-state index is 13.9. The Morgan fingerprint density at radius 2 is 2.14 bits per heavy atom. The molecule has 1 fully saturated rings. The van der Waals surface area contributed by atoms with Gasteiger partial charge in [-0.1, -0.05) is 29.3 Å². The van der Waals surface area contributed by atoms with Gasteiger partial charge >= 0.3 is 0 Å².